The lowest BCUT2D eigenvalue weighted by Crippen LogP contribution is -2.23. The van der Waals surface area contributed by atoms with Gasteiger partial charge in [0.15, 0.2) is 0 Å². The van der Waals surface area contributed by atoms with Crippen LogP contribution < -0.4 is 5.32 Å². The quantitative estimate of drug-likeness (QED) is 0.582. The average molecular weight is 158 g/mol. The van der Waals surface area contributed by atoms with Gasteiger partial charge in [-0.15, -0.1) is 0 Å². The molecular weight excluding hydrogens is 140 g/mol. The Bertz CT molecular complexity index is 117. The van der Waals surface area contributed by atoms with Crippen LogP contribution in [0.4, 0.5) is 0 Å². The Labute approximate surface area is 68.4 Å². The van der Waals surface area contributed by atoms with Gasteiger partial charge >= 0.3 is 0 Å². The average Bonchev–Trinajstić information content (AvgIpc) is 2.31. The van der Waals surface area contributed by atoms with Gasteiger partial charge in [-0.1, -0.05) is 0 Å². The van der Waals surface area contributed by atoms with Gasteiger partial charge in [0.2, 0.25) is 0 Å². The van der Waals surface area contributed by atoms with Crippen LogP contribution in [0.15, 0.2) is 0 Å². The smallest absolute Gasteiger partial charge is 0.0705 e. The summed E-state index contributed by atoms with van der Waals surface area (Å²) < 4.78 is 0. The van der Waals surface area contributed by atoms with Crippen LogP contribution in [0.1, 0.15) is 6.42 Å². The first kappa shape index (κ1) is 8.97. The van der Waals surface area contributed by atoms with E-state index in [-0.39, 0.29) is 6.10 Å². The Morgan fingerprint density at radius 1 is 1.45 bits per heavy atom. The van der Waals surface area contributed by atoms with Gasteiger partial charge in [0, 0.05) is 13.1 Å². The predicted molar refractivity (Wildman–Crippen MR) is 45.5 cm³/mol. The van der Waals surface area contributed by atoms with Crippen molar-refractivity contribution in [3.8, 4) is 0 Å². The highest BCUT2D eigenvalue weighted by molar-refractivity contribution is 4.80. The van der Waals surface area contributed by atoms with Crippen LogP contribution in [0.2, 0.25) is 0 Å². The van der Waals surface area contributed by atoms with Crippen molar-refractivity contribution in [3.05, 3.63) is 0 Å². The first-order chi connectivity index (χ1) is 5.20. The summed E-state index contributed by atoms with van der Waals surface area (Å²) in [6.45, 7) is 2.83. The summed E-state index contributed by atoms with van der Waals surface area (Å²) in [6.07, 6.45) is 0.983. The molecule has 66 valence electrons. The third-order valence-electron chi connectivity index (χ3n) is 2.25. The molecule has 0 aromatic heterocycles. The molecule has 0 bridgehead atoms. The fourth-order valence-corrected chi connectivity index (χ4v) is 1.44. The first-order valence-corrected chi connectivity index (χ1v) is 4.23. The van der Waals surface area contributed by atoms with E-state index >= 15 is 0 Å². The Kier molecular flexibility index (Phi) is 3.30. The van der Waals surface area contributed by atoms with Crippen LogP contribution in [-0.2, 0) is 0 Å². The van der Waals surface area contributed by atoms with E-state index < -0.39 is 0 Å². The maximum Gasteiger partial charge on any atom is 0.0705 e. The normalized spacial score (nSPS) is 31.6. The molecule has 2 unspecified atom stereocenters. The monoisotopic (exact) mass is 158 g/mol. The number of hydrogen-bond donors (Lipinski definition) is 2. The molecule has 3 heteroatoms. The molecule has 3 nitrogen and oxygen atoms in total. The van der Waals surface area contributed by atoms with Crippen LogP contribution in [0.3, 0.4) is 0 Å². The lowest BCUT2D eigenvalue weighted by Gasteiger charge is -2.15. The molecule has 1 aliphatic rings. The second kappa shape index (κ2) is 4.04. The van der Waals surface area contributed by atoms with Gasteiger partial charge in [-0.05, 0) is 33.0 Å². The van der Waals surface area contributed by atoms with Crippen LogP contribution in [-0.4, -0.2) is 49.8 Å². The maximum absolute atomic E-state index is 9.42. The van der Waals surface area contributed by atoms with Crippen LogP contribution in [0.25, 0.3) is 0 Å². The van der Waals surface area contributed by atoms with Gasteiger partial charge < -0.3 is 15.3 Å². The minimum absolute atomic E-state index is 0.116. The first-order valence-electron chi connectivity index (χ1n) is 4.23. The number of aliphatic hydroxyl groups excluding tert-OH is 1. The summed E-state index contributed by atoms with van der Waals surface area (Å²) >= 11 is 0. The van der Waals surface area contributed by atoms with Crippen LogP contribution in [0, 0.1) is 5.92 Å². The van der Waals surface area contributed by atoms with Crippen LogP contribution >= 0.6 is 0 Å². The fourth-order valence-electron chi connectivity index (χ4n) is 1.44. The van der Waals surface area contributed by atoms with Gasteiger partial charge in [-0.25, -0.2) is 0 Å². The summed E-state index contributed by atoms with van der Waals surface area (Å²) in [5, 5.41) is 12.6. The summed E-state index contributed by atoms with van der Waals surface area (Å²) in [5.41, 5.74) is 0. The van der Waals surface area contributed by atoms with Crippen molar-refractivity contribution < 1.29 is 5.11 Å². The third kappa shape index (κ3) is 2.77. The molecule has 0 radical (unpaired) electrons. The summed E-state index contributed by atoms with van der Waals surface area (Å²) in [5.74, 6) is 0.470. The number of aliphatic hydroxyl groups is 1. The molecule has 1 saturated heterocycles. The number of nitrogens with zero attached hydrogens (tertiary/aromatic N) is 1. The van der Waals surface area contributed by atoms with Crippen molar-refractivity contribution in [2.45, 2.75) is 12.5 Å². The zero-order chi connectivity index (χ0) is 8.27. The molecule has 0 aromatic rings. The zero-order valence-electron chi connectivity index (χ0n) is 7.38. The highest BCUT2D eigenvalue weighted by Gasteiger charge is 2.23. The third-order valence-corrected chi connectivity index (χ3v) is 2.25. The molecule has 1 aliphatic heterocycles. The SMILES string of the molecule is CN(C)CCC1CNCC1O. The minimum atomic E-state index is -0.116. The second-order valence-corrected chi connectivity index (χ2v) is 3.58. The molecule has 0 spiro atoms. The van der Waals surface area contributed by atoms with Crippen molar-refractivity contribution in [2.75, 3.05) is 33.7 Å². The molecule has 1 fully saturated rings. The lowest BCUT2D eigenvalue weighted by molar-refractivity contribution is 0.137. The number of β-amino-alcohol motifs (C(OH)–C–C–N with tert-alkyl or cyclic N) is 1. The summed E-state index contributed by atoms with van der Waals surface area (Å²) in [4.78, 5) is 2.16. The highest BCUT2D eigenvalue weighted by atomic mass is 16.3. The summed E-state index contributed by atoms with van der Waals surface area (Å²) in [7, 11) is 4.13. The number of nitrogens with one attached hydrogen (secondary N) is 1. The Morgan fingerprint density at radius 3 is 2.64 bits per heavy atom. The van der Waals surface area contributed by atoms with Crippen molar-refractivity contribution in [2.24, 2.45) is 5.92 Å². The lowest BCUT2D eigenvalue weighted by atomic mass is 10.0. The molecule has 2 atom stereocenters. The topological polar surface area (TPSA) is 35.5 Å². The van der Waals surface area contributed by atoms with Gasteiger partial charge in [-0.2, -0.15) is 0 Å². The predicted octanol–water partition coefficient (Wildman–Crippen LogP) is -0.482. The van der Waals surface area contributed by atoms with Crippen molar-refractivity contribution in [3.63, 3.8) is 0 Å². The Balaban J connectivity index is 2.15. The van der Waals surface area contributed by atoms with Crippen molar-refractivity contribution in [1.29, 1.82) is 0 Å². The van der Waals surface area contributed by atoms with Crippen molar-refractivity contribution >= 4 is 0 Å². The van der Waals surface area contributed by atoms with E-state index in [2.05, 4.69) is 24.3 Å². The number of rotatable bonds is 3. The van der Waals surface area contributed by atoms with Gasteiger partial charge in [-0.3, -0.25) is 0 Å². The van der Waals surface area contributed by atoms with E-state index in [0.717, 1.165) is 26.1 Å². The van der Waals surface area contributed by atoms with Crippen molar-refractivity contribution in [1.82, 2.24) is 10.2 Å². The minimum Gasteiger partial charge on any atom is -0.391 e. The van der Waals surface area contributed by atoms with Gasteiger partial charge in [0.25, 0.3) is 0 Å². The molecule has 0 saturated carbocycles. The van der Waals surface area contributed by atoms with E-state index in [0.29, 0.717) is 5.92 Å². The summed E-state index contributed by atoms with van der Waals surface area (Å²) in [6, 6.07) is 0. The molecule has 1 heterocycles. The Hall–Kier alpha value is -0.120. The van der Waals surface area contributed by atoms with E-state index in [1.165, 1.54) is 0 Å². The van der Waals surface area contributed by atoms with Gasteiger partial charge in [0.05, 0.1) is 6.10 Å². The molecule has 2 N–H and O–H groups in total. The van der Waals surface area contributed by atoms with Crippen LogP contribution in [0.5, 0.6) is 0 Å². The highest BCUT2D eigenvalue weighted by Crippen LogP contribution is 2.12. The molecule has 11 heavy (non-hydrogen) atoms. The standard InChI is InChI=1S/C8H18N2O/c1-10(2)4-3-7-5-9-6-8(7)11/h7-9,11H,3-6H2,1-2H3. The van der Waals surface area contributed by atoms with Gasteiger partial charge in [0.1, 0.15) is 0 Å². The molecule has 1 rings (SSSR count). The largest absolute Gasteiger partial charge is 0.391 e. The fraction of sp³-hybridized carbons (Fsp3) is 1.00. The number of hydrogen-bond acceptors (Lipinski definition) is 3. The second-order valence-electron chi connectivity index (χ2n) is 3.58. The van der Waals surface area contributed by atoms with E-state index in [9.17, 15) is 5.11 Å². The molecule has 0 aliphatic carbocycles. The molecular formula is C8H18N2O. The van der Waals surface area contributed by atoms with E-state index in [1.807, 2.05) is 0 Å². The molecule has 0 amide bonds. The Morgan fingerprint density at radius 2 is 2.18 bits per heavy atom. The zero-order valence-corrected chi connectivity index (χ0v) is 7.38. The van der Waals surface area contributed by atoms with E-state index in [4.69, 9.17) is 0 Å². The maximum atomic E-state index is 9.42. The molecule has 0 aromatic carbocycles. The van der Waals surface area contributed by atoms with E-state index in [1.54, 1.807) is 0 Å².